The van der Waals surface area contributed by atoms with Gasteiger partial charge in [0.25, 0.3) is 0 Å². The van der Waals surface area contributed by atoms with Gasteiger partial charge in [0.2, 0.25) is 21.8 Å². The Morgan fingerprint density at radius 2 is 1.66 bits per heavy atom. The number of halogens is 4. The number of likely N-dealkylation sites (tertiary alicyclic amines) is 1. The smallest absolute Gasteiger partial charge is 0.353 e. The first-order valence-electron chi connectivity index (χ1n) is 10.3. The van der Waals surface area contributed by atoms with Crippen LogP contribution in [0.25, 0.3) is 0 Å². The minimum atomic E-state index is -4.77. The number of amides is 2. The van der Waals surface area contributed by atoms with Gasteiger partial charge in [-0.3, -0.25) is 9.59 Å². The zero-order chi connectivity index (χ0) is 23.7. The van der Waals surface area contributed by atoms with Gasteiger partial charge in [0.15, 0.2) is 0 Å². The third-order valence-corrected chi connectivity index (χ3v) is 8.12. The monoisotopic (exact) mass is 495 g/mol. The molecule has 1 aromatic rings. The first-order valence-corrected chi connectivity index (χ1v) is 12.1. The van der Waals surface area contributed by atoms with Gasteiger partial charge in [0.05, 0.1) is 15.5 Å². The van der Waals surface area contributed by atoms with Crippen molar-refractivity contribution in [2.24, 2.45) is 5.92 Å². The fourth-order valence-corrected chi connectivity index (χ4v) is 5.89. The molecule has 0 spiro atoms. The highest BCUT2D eigenvalue weighted by Crippen LogP contribution is 2.37. The number of nitrogens with zero attached hydrogens (tertiary/aromatic N) is 2. The summed E-state index contributed by atoms with van der Waals surface area (Å²) in [7, 11) is -4.14. The van der Waals surface area contributed by atoms with Crippen molar-refractivity contribution < 1.29 is 31.2 Å². The van der Waals surface area contributed by atoms with Gasteiger partial charge in [-0.2, -0.15) is 17.5 Å². The number of nitrogens with one attached hydrogen (secondary N) is 1. The Labute approximate surface area is 189 Å². The lowest BCUT2D eigenvalue weighted by Crippen LogP contribution is -2.49. The predicted molar refractivity (Wildman–Crippen MR) is 111 cm³/mol. The second-order valence-corrected chi connectivity index (χ2v) is 10.5. The van der Waals surface area contributed by atoms with Crippen LogP contribution in [0, 0.1) is 5.92 Å². The van der Waals surface area contributed by atoms with E-state index in [1.807, 2.05) is 0 Å². The van der Waals surface area contributed by atoms with Crippen LogP contribution in [0.5, 0.6) is 0 Å². The second-order valence-electron chi connectivity index (χ2n) is 8.12. The Morgan fingerprint density at radius 1 is 1.06 bits per heavy atom. The number of benzene rings is 1. The molecule has 178 valence electrons. The molecule has 0 aromatic heterocycles. The Kier molecular flexibility index (Phi) is 7.41. The number of alkyl halides is 3. The average molecular weight is 496 g/mol. The number of rotatable bonds is 4. The van der Waals surface area contributed by atoms with Gasteiger partial charge in [0.1, 0.15) is 0 Å². The number of carbonyl (C=O) groups excluding carboxylic acids is 2. The van der Waals surface area contributed by atoms with Gasteiger partial charge in [-0.1, -0.05) is 11.6 Å². The van der Waals surface area contributed by atoms with Crippen LogP contribution in [-0.4, -0.2) is 61.7 Å². The van der Waals surface area contributed by atoms with Crippen molar-refractivity contribution >= 4 is 33.4 Å². The molecule has 0 atom stereocenters. The van der Waals surface area contributed by atoms with Crippen molar-refractivity contribution in [3.05, 3.63) is 28.8 Å². The van der Waals surface area contributed by atoms with E-state index in [1.54, 1.807) is 4.90 Å². The Balaban J connectivity index is 1.61. The fraction of sp³-hybridized carbons (Fsp3) is 0.600. The van der Waals surface area contributed by atoms with Crippen molar-refractivity contribution in [2.45, 2.75) is 49.7 Å². The van der Waals surface area contributed by atoms with E-state index in [4.69, 9.17) is 11.6 Å². The van der Waals surface area contributed by atoms with Crippen molar-refractivity contribution in [3.63, 3.8) is 0 Å². The van der Waals surface area contributed by atoms with E-state index in [0.717, 1.165) is 16.4 Å². The Bertz CT molecular complexity index is 971. The van der Waals surface area contributed by atoms with E-state index in [-0.39, 0.29) is 36.9 Å². The highest BCUT2D eigenvalue weighted by atomic mass is 35.5. The summed E-state index contributed by atoms with van der Waals surface area (Å²) in [6, 6.07) is 2.58. The van der Waals surface area contributed by atoms with Crippen molar-refractivity contribution in [3.8, 4) is 0 Å². The lowest BCUT2D eigenvalue weighted by molar-refractivity contribution is -0.138. The summed E-state index contributed by atoms with van der Waals surface area (Å²) in [6.07, 6.45) is -2.85. The van der Waals surface area contributed by atoms with Crippen LogP contribution < -0.4 is 5.32 Å². The molecule has 2 aliphatic heterocycles. The standard InChI is InChI=1S/C20H25ClF3N3O4S/c1-13(28)25-15-6-8-26(9-7-15)19(29)14-4-10-27(11-5-14)32(30,31)16-2-3-18(21)17(12-16)20(22,23)24/h2-3,12,14-15H,4-11H2,1H3,(H,25,28). The summed E-state index contributed by atoms with van der Waals surface area (Å²) in [6.45, 7) is 2.59. The lowest BCUT2D eigenvalue weighted by Gasteiger charge is -2.37. The molecule has 3 rings (SSSR count). The number of carbonyl (C=O) groups is 2. The molecule has 2 saturated heterocycles. The summed E-state index contributed by atoms with van der Waals surface area (Å²) < 4.78 is 66.2. The van der Waals surface area contributed by atoms with Crippen molar-refractivity contribution in [2.75, 3.05) is 26.2 Å². The SMILES string of the molecule is CC(=O)NC1CCN(C(=O)C2CCN(S(=O)(=O)c3ccc(Cl)c(C(F)(F)F)c3)CC2)CC1. The predicted octanol–water partition coefficient (Wildman–Crippen LogP) is 2.89. The fourth-order valence-electron chi connectivity index (χ4n) is 4.16. The van der Waals surface area contributed by atoms with Gasteiger partial charge in [-0.05, 0) is 43.9 Å². The molecular weight excluding hydrogens is 471 g/mol. The largest absolute Gasteiger partial charge is 0.417 e. The quantitative estimate of drug-likeness (QED) is 0.696. The van der Waals surface area contributed by atoms with E-state index >= 15 is 0 Å². The summed E-state index contributed by atoms with van der Waals surface area (Å²) in [5.74, 6) is -0.490. The van der Waals surface area contributed by atoms with E-state index < -0.39 is 31.7 Å². The van der Waals surface area contributed by atoms with Crippen LogP contribution >= 0.6 is 11.6 Å². The molecule has 2 aliphatic rings. The van der Waals surface area contributed by atoms with Crippen molar-refractivity contribution in [1.82, 2.24) is 14.5 Å². The van der Waals surface area contributed by atoms with Crippen LogP contribution in [-0.2, 0) is 25.8 Å². The third kappa shape index (κ3) is 5.55. The first kappa shape index (κ1) is 24.8. The Hall–Kier alpha value is -1.85. The molecule has 7 nitrogen and oxygen atoms in total. The molecule has 2 heterocycles. The molecule has 2 amide bonds. The van der Waals surface area contributed by atoms with Crippen LogP contribution in [0.3, 0.4) is 0 Å². The van der Waals surface area contributed by atoms with Crippen LogP contribution in [0.2, 0.25) is 5.02 Å². The topological polar surface area (TPSA) is 86.8 Å². The molecule has 0 bridgehead atoms. The lowest BCUT2D eigenvalue weighted by atomic mass is 9.95. The maximum Gasteiger partial charge on any atom is 0.417 e. The first-order chi connectivity index (χ1) is 14.9. The van der Waals surface area contributed by atoms with Gasteiger partial charge < -0.3 is 10.2 Å². The van der Waals surface area contributed by atoms with Gasteiger partial charge in [-0.15, -0.1) is 0 Å². The molecular formula is C20H25ClF3N3O4S. The maximum atomic E-state index is 13.1. The number of hydrogen-bond acceptors (Lipinski definition) is 4. The second kappa shape index (κ2) is 9.56. The molecule has 0 saturated carbocycles. The normalized spacial score (nSPS) is 19.7. The molecule has 0 radical (unpaired) electrons. The highest BCUT2D eigenvalue weighted by molar-refractivity contribution is 7.89. The third-order valence-electron chi connectivity index (χ3n) is 5.90. The van der Waals surface area contributed by atoms with Gasteiger partial charge >= 0.3 is 6.18 Å². The van der Waals surface area contributed by atoms with Gasteiger partial charge in [0, 0.05) is 45.1 Å². The van der Waals surface area contributed by atoms with Crippen LogP contribution in [0.4, 0.5) is 13.2 Å². The summed E-state index contributed by atoms with van der Waals surface area (Å²) in [5, 5.41) is 2.28. The van der Waals surface area contributed by atoms with Crippen LogP contribution in [0.1, 0.15) is 38.2 Å². The Morgan fingerprint density at radius 3 is 2.19 bits per heavy atom. The van der Waals surface area contributed by atoms with Gasteiger partial charge in [-0.25, -0.2) is 8.42 Å². The number of sulfonamides is 1. The summed E-state index contributed by atoms with van der Waals surface area (Å²) in [5.41, 5.74) is -1.20. The average Bonchev–Trinajstić information content (AvgIpc) is 2.73. The minimum Gasteiger partial charge on any atom is -0.353 e. The van der Waals surface area contributed by atoms with Crippen LogP contribution in [0.15, 0.2) is 23.1 Å². The molecule has 2 fully saturated rings. The molecule has 0 aliphatic carbocycles. The minimum absolute atomic E-state index is 0.0458. The van der Waals surface area contributed by atoms with E-state index in [9.17, 15) is 31.2 Å². The van der Waals surface area contributed by atoms with E-state index in [1.165, 1.54) is 6.92 Å². The number of piperidine rings is 2. The molecule has 32 heavy (non-hydrogen) atoms. The summed E-state index contributed by atoms with van der Waals surface area (Å²) >= 11 is 5.59. The highest BCUT2D eigenvalue weighted by Gasteiger charge is 2.38. The van der Waals surface area contributed by atoms with Crippen molar-refractivity contribution in [1.29, 1.82) is 0 Å². The summed E-state index contributed by atoms with van der Waals surface area (Å²) in [4.78, 5) is 25.3. The van der Waals surface area contributed by atoms with E-state index in [2.05, 4.69) is 5.32 Å². The molecule has 0 unspecified atom stereocenters. The molecule has 12 heteroatoms. The zero-order valence-corrected chi connectivity index (χ0v) is 19.1. The molecule has 1 aromatic carbocycles. The number of hydrogen-bond donors (Lipinski definition) is 1. The molecule has 1 N–H and O–H groups in total. The maximum absolute atomic E-state index is 13.1. The zero-order valence-electron chi connectivity index (χ0n) is 17.5. The van der Waals surface area contributed by atoms with E-state index in [0.29, 0.717) is 44.8 Å².